The Morgan fingerprint density at radius 3 is 2.57 bits per heavy atom. The molecule has 1 aromatic carbocycles. The lowest BCUT2D eigenvalue weighted by Gasteiger charge is -2.29. The topological polar surface area (TPSA) is 21.3 Å². The Bertz CT molecular complexity index is 435. The molecule has 0 amide bonds. The predicted molar refractivity (Wildman–Crippen MR) is 89.7 cm³/mol. The second-order valence-corrected chi connectivity index (χ2v) is 7.46. The van der Waals surface area contributed by atoms with Crippen LogP contribution in [0.25, 0.3) is 0 Å². The minimum Gasteiger partial charge on any atom is -0.496 e. The van der Waals surface area contributed by atoms with Crippen LogP contribution in [-0.2, 0) is 6.54 Å². The molecule has 0 bridgehead atoms. The minimum absolute atomic E-state index is 0.456. The molecule has 0 saturated heterocycles. The third kappa shape index (κ3) is 4.74. The number of benzene rings is 1. The molecule has 1 aromatic rings. The van der Waals surface area contributed by atoms with Crippen LogP contribution in [0.4, 0.5) is 0 Å². The number of ether oxygens (including phenoxy) is 1. The van der Waals surface area contributed by atoms with Gasteiger partial charge in [-0.1, -0.05) is 45.4 Å². The maximum atomic E-state index is 5.43. The highest BCUT2D eigenvalue weighted by molar-refractivity contribution is 5.33. The van der Waals surface area contributed by atoms with Crippen LogP contribution in [0.15, 0.2) is 24.3 Å². The summed E-state index contributed by atoms with van der Waals surface area (Å²) in [5, 5.41) is 3.74. The van der Waals surface area contributed by atoms with E-state index < -0.39 is 0 Å². The number of hydrogen-bond acceptors (Lipinski definition) is 2. The third-order valence-corrected chi connectivity index (χ3v) is 4.97. The van der Waals surface area contributed by atoms with Gasteiger partial charge in [-0.05, 0) is 43.1 Å². The molecule has 0 heterocycles. The summed E-state index contributed by atoms with van der Waals surface area (Å²) in [5.74, 6) is 1.86. The second-order valence-electron chi connectivity index (χ2n) is 7.46. The zero-order valence-electron chi connectivity index (χ0n) is 14.1. The van der Waals surface area contributed by atoms with E-state index in [1.54, 1.807) is 7.11 Å². The van der Waals surface area contributed by atoms with E-state index in [1.165, 1.54) is 37.7 Å². The summed E-state index contributed by atoms with van der Waals surface area (Å²) in [4.78, 5) is 0. The van der Waals surface area contributed by atoms with Crippen molar-refractivity contribution in [3.05, 3.63) is 29.8 Å². The molecule has 2 atom stereocenters. The minimum atomic E-state index is 0.456. The van der Waals surface area contributed by atoms with Crippen LogP contribution < -0.4 is 10.1 Å². The summed E-state index contributed by atoms with van der Waals surface area (Å²) < 4.78 is 5.43. The van der Waals surface area contributed by atoms with Gasteiger partial charge in [-0.15, -0.1) is 0 Å². The Balaban J connectivity index is 1.87. The molecule has 1 fully saturated rings. The molecular weight excluding hydrogens is 258 g/mol. The average molecular weight is 289 g/mol. The molecule has 1 aliphatic carbocycles. The first kappa shape index (κ1) is 16.4. The average Bonchev–Trinajstić information content (AvgIpc) is 2.70. The second kappa shape index (κ2) is 7.31. The van der Waals surface area contributed by atoms with Crippen molar-refractivity contribution in [2.45, 2.75) is 65.5 Å². The van der Waals surface area contributed by atoms with Gasteiger partial charge in [0.1, 0.15) is 5.75 Å². The molecule has 0 radical (unpaired) electrons. The molecular formula is C19H31NO. The number of nitrogens with one attached hydrogen (secondary N) is 1. The lowest BCUT2D eigenvalue weighted by molar-refractivity contribution is 0.213. The number of rotatable bonds is 4. The van der Waals surface area contributed by atoms with Gasteiger partial charge in [-0.3, -0.25) is 0 Å². The van der Waals surface area contributed by atoms with Gasteiger partial charge in [0, 0.05) is 18.2 Å². The molecule has 2 heteroatoms. The molecule has 2 rings (SSSR count). The van der Waals surface area contributed by atoms with Crippen LogP contribution in [0.1, 0.15) is 58.4 Å². The number of methoxy groups -OCH3 is 1. The van der Waals surface area contributed by atoms with Gasteiger partial charge in [-0.2, -0.15) is 0 Å². The summed E-state index contributed by atoms with van der Waals surface area (Å²) >= 11 is 0. The van der Waals surface area contributed by atoms with E-state index in [0.29, 0.717) is 11.5 Å². The monoisotopic (exact) mass is 289 g/mol. The Hall–Kier alpha value is -1.02. The Labute approximate surface area is 130 Å². The molecule has 21 heavy (non-hydrogen) atoms. The summed E-state index contributed by atoms with van der Waals surface area (Å²) in [7, 11) is 1.75. The zero-order valence-corrected chi connectivity index (χ0v) is 14.1. The van der Waals surface area contributed by atoms with E-state index in [-0.39, 0.29) is 0 Å². The van der Waals surface area contributed by atoms with Crippen molar-refractivity contribution in [3.63, 3.8) is 0 Å². The fourth-order valence-corrected chi connectivity index (χ4v) is 3.48. The normalized spacial score (nSPS) is 23.6. The van der Waals surface area contributed by atoms with E-state index in [4.69, 9.17) is 4.74 Å². The van der Waals surface area contributed by atoms with Crippen LogP contribution >= 0.6 is 0 Å². The highest BCUT2D eigenvalue weighted by Gasteiger charge is 2.27. The molecule has 1 saturated carbocycles. The zero-order chi connectivity index (χ0) is 15.3. The van der Waals surface area contributed by atoms with Crippen molar-refractivity contribution >= 4 is 0 Å². The quantitative estimate of drug-likeness (QED) is 0.805. The third-order valence-electron chi connectivity index (χ3n) is 4.97. The lowest BCUT2D eigenvalue weighted by atomic mass is 9.76. The van der Waals surface area contributed by atoms with Crippen molar-refractivity contribution in [3.8, 4) is 5.75 Å². The highest BCUT2D eigenvalue weighted by Crippen LogP contribution is 2.36. The van der Waals surface area contributed by atoms with Gasteiger partial charge in [0.15, 0.2) is 0 Å². The maximum absolute atomic E-state index is 5.43. The van der Waals surface area contributed by atoms with Crippen LogP contribution in [0.2, 0.25) is 0 Å². The Morgan fingerprint density at radius 1 is 1.10 bits per heavy atom. The summed E-state index contributed by atoms with van der Waals surface area (Å²) in [6.07, 6.45) is 6.70. The number of hydrogen-bond donors (Lipinski definition) is 1. The first-order valence-electron chi connectivity index (χ1n) is 8.36. The molecule has 0 aliphatic heterocycles. The summed E-state index contributed by atoms with van der Waals surface area (Å²) in [6, 6.07) is 8.96. The van der Waals surface area contributed by atoms with E-state index in [9.17, 15) is 0 Å². The molecule has 118 valence electrons. The van der Waals surface area contributed by atoms with Crippen LogP contribution in [0.3, 0.4) is 0 Å². The van der Waals surface area contributed by atoms with Crippen LogP contribution in [0.5, 0.6) is 5.75 Å². The van der Waals surface area contributed by atoms with Crippen molar-refractivity contribution in [1.29, 1.82) is 0 Å². The Kier molecular flexibility index (Phi) is 5.69. The molecule has 2 nitrogen and oxygen atoms in total. The molecule has 2 unspecified atom stereocenters. The first-order valence-corrected chi connectivity index (χ1v) is 8.36. The first-order chi connectivity index (χ1) is 10.0. The smallest absolute Gasteiger partial charge is 0.123 e. The highest BCUT2D eigenvalue weighted by atomic mass is 16.5. The lowest BCUT2D eigenvalue weighted by Crippen LogP contribution is -2.28. The fourth-order valence-electron chi connectivity index (χ4n) is 3.48. The van der Waals surface area contributed by atoms with Crippen LogP contribution in [-0.4, -0.2) is 13.2 Å². The number of para-hydroxylation sites is 1. The Morgan fingerprint density at radius 2 is 1.86 bits per heavy atom. The molecule has 0 aromatic heterocycles. The maximum Gasteiger partial charge on any atom is 0.123 e. The van der Waals surface area contributed by atoms with Crippen molar-refractivity contribution in [1.82, 2.24) is 5.32 Å². The van der Waals surface area contributed by atoms with E-state index in [1.807, 2.05) is 12.1 Å². The summed E-state index contributed by atoms with van der Waals surface area (Å²) in [6.45, 7) is 8.08. The van der Waals surface area contributed by atoms with Gasteiger partial charge >= 0.3 is 0 Å². The molecule has 1 N–H and O–H groups in total. The predicted octanol–water partition coefficient (Wildman–Crippen LogP) is 4.78. The van der Waals surface area contributed by atoms with Gasteiger partial charge < -0.3 is 10.1 Å². The summed E-state index contributed by atoms with van der Waals surface area (Å²) in [5.41, 5.74) is 1.72. The largest absolute Gasteiger partial charge is 0.496 e. The SMILES string of the molecule is COc1ccccc1CNC1CCCC(C(C)(C)C)CC1. The van der Waals surface area contributed by atoms with Crippen LogP contribution in [0, 0.1) is 11.3 Å². The van der Waals surface area contributed by atoms with E-state index >= 15 is 0 Å². The van der Waals surface area contributed by atoms with E-state index in [0.717, 1.165) is 18.2 Å². The van der Waals surface area contributed by atoms with Crippen molar-refractivity contribution in [2.75, 3.05) is 7.11 Å². The van der Waals surface area contributed by atoms with Gasteiger partial charge in [-0.25, -0.2) is 0 Å². The van der Waals surface area contributed by atoms with Gasteiger partial charge in [0.05, 0.1) is 7.11 Å². The van der Waals surface area contributed by atoms with Gasteiger partial charge in [0.2, 0.25) is 0 Å². The van der Waals surface area contributed by atoms with Crippen molar-refractivity contribution < 1.29 is 4.74 Å². The van der Waals surface area contributed by atoms with Crippen molar-refractivity contribution in [2.24, 2.45) is 11.3 Å². The van der Waals surface area contributed by atoms with Gasteiger partial charge in [0.25, 0.3) is 0 Å². The molecule has 0 spiro atoms. The fraction of sp³-hybridized carbons (Fsp3) is 0.684. The standard InChI is InChI=1S/C19H31NO/c1-19(2,3)16-9-7-10-17(13-12-16)20-14-15-8-5-6-11-18(15)21-4/h5-6,8,11,16-17,20H,7,9-10,12-14H2,1-4H3. The molecule has 1 aliphatic rings. The van der Waals surface area contributed by atoms with E-state index in [2.05, 4.69) is 38.2 Å².